The highest BCUT2D eigenvalue weighted by Crippen LogP contribution is 2.31. The zero-order valence-corrected chi connectivity index (χ0v) is 23.8. The first-order valence-electron chi connectivity index (χ1n) is 12.1. The van der Waals surface area contributed by atoms with E-state index in [1.807, 2.05) is 18.2 Å². The van der Waals surface area contributed by atoms with Crippen LogP contribution in [0.15, 0.2) is 75.4 Å². The Morgan fingerprint density at radius 1 is 0.900 bits per heavy atom. The Balaban J connectivity index is 1.46. The number of rotatable bonds is 5. The third kappa shape index (κ3) is 4.75. The van der Waals surface area contributed by atoms with Crippen molar-refractivity contribution in [2.75, 3.05) is 5.01 Å². The summed E-state index contributed by atoms with van der Waals surface area (Å²) in [7, 11) is 1.59. The van der Waals surface area contributed by atoms with E-state index >= 15 is 0 Å². The number of hydrogen-bond donors (Lipinski definition) is 1. The molecule has 0 atom stereocenters. The first kappa shape index (κ1) is 27.5. The molecule has 0 saturated carbocycles. The minimum Gasteiger partial charge on any atom is -0.295 e. The number of aromatic nitrogens is 3. The van der Waals surface area contributed by atoms with Gasteiger partial charge < -0.3 is 0 Å². The number of allylic oxidation sites excluding steroid dienone is 3. The number of aromatic amines is 1. The molecular formula is C29H22Cl3N5O3. The lowest BCUT2D eigenvalue weighted by Gasteiger charge is -2.11. The second-order valence-corrected chi connectivity index (χ2v) is 10.3. The first-order valence-corrected chi connectivity index (χ1v) is 13.2. The fourth-order valence-electron chi connectivity index (χ4n) is 4.50. The number of amides is 1. The molecule has 202 valence electrons. The summed E-state index contributed by atoms with van der Waals surface area (Å²) in [6, 6.07) is 12.1. The molecular weight excluding hydrogens is 573 g/mol. The lowest BCUT2D eigenvalue weighted by molar-refractivity contribution is 0.0994. The van der Waals surface area contributed by atoms with Gasteiger partial charge in [-0.3, -0.25) is 24.0 Å². The molecule has 11 heteroatoms. The van der Waals surface area contributed by atoms with Crippen LogP contribution in [0.5, 0.6) is 0 Å². The van der Waals surface area contributed by atoms with Crippen LogP contribution in [0.3, 0.4) is 0 Å². The summed E-state index contributed by atoms with van der Waals surface area (Å²) in [5.41, 5.74) is 2.55. The Morgan fingerprint density at radius 3 is 2.25 bits per heavy atom. The second kappa shape index (κ2) is 10.8. The second-order valence-electron chi connectivity index (χ2n) is 9.07. The van der Waals surface area contributed by atoms with Gasteiger partial charge in [0.1, 0.15) is 5.69 Å². The number of fused-ring (bicyclic) bond motifs is 1. The van der Waals surface area contributed by atoms with Crippen LogP contribution in [0.1, 0.15) is 27.2 Å². The molecule has 4 aromatic rings. The third-order valence-corrected chi connectivity index (χ3v) is 7.32. The molecule has 0 bridgehead atoms. The number of benzene rings is 2. The van der Waals surface area contributed by atoms with E-state index in [4.69, 9.17) is 34.8 Å². The number of pyridine rings is 1. The SMILES string of the molecule is Cc1[nH]n(-c2c(Cl)cc(Cl)cc2Cl)c(=O)c1/C=C/C=C/C=c1/c(C)c2c(n(C)c1=O)=NN(c1ccccc1)C2=O. The number of H-pyrrole nitrogens is 1. The van der Waals surface area contributed by atoms with Gasteiger partial charge in [-0.05, 0) is 55.8 Å². The molecule has 0 fully saturated rings. The number of nitrogens with zero attached hydrogens (tertiary/aromatic N) is 4. The van der Waals surface area contributed by atoms with E-state index in [0.29, 0.717) is 49.5 Å². The normalized spacial score (nSPS) is 13.6. The molecule has 0 saturated heterocycles. The van der Waals surface area contributed by atoms with E-state index < -0.39 is 0 Å². The van der Waals surface area contributed by atoms with Crippen LogP contribution >= 0.6 is 34.8 Å². The average Bonchev–Trinajstić information content (AvgIpc) is 3.40. The predicted octanol–water partition coefficient (Wildman–Crippen LogP) is 4.69. The molecule has 1 amide bonds. The molecule has 1 aliphatic heterocycles. The van der Waals surface area contributed by atoms with Crippen molar-refractivity contribution < 1.29 is 4.79 Å². The maximum Gasteiger partial charge on any atom is 0.282 e. The summed E-state index contributed by atoms with van der Waals surface area (Å²) in [4.78, 5) is 39.4. The smallest absolute Gasteiger partial charge is 0.282 e. The van der Waals surface area contributed by atoms with Crippen LogP contribution < -0.4 is 26.8 Å². The van der Waals surface area contributed by atoms with Crippen LogP contribution in [0.4, 0.5) is 5.69 Å². The highest BCUT2D eigenvalue weighted by Gasteiger charge is 2.29. The molecule has 5 rings (SSSR count). The maximum atomic E-state index is 13.2. The van der Waals surface area contributed by atoms with Crippen molar-refractivity contribution in [3.8, 4) is 5.69 Å². The van der Waals surface area contributed by atoms with Crippen LogP contribution in [0.2, 0.25) is 15.1 Å². The summed E-state index contributed by atoms with van der Waals surface area (Å²) in [5, 5.41) is 9.89. The lowest BCUT2D eigenvalue weighted by atomic mass is 10.1. The van der Waals surface area contributed by atoms with Gasteiger partial charge in [0, 0.05) is 23.0 Å². The quantitative estimate of drug-likeness (QED) is 0.340. The Bertz CT molecular complexity index is 1960. The third-order valence-electron chi connectivity index (χ3n) is 6.53. The lowest BCUT2D eigenvalue weighted by Crippen LogP contribution is -2.44. The first-order chi connectivity index (χ1) is 19.1. The number of anilines is 1. The van der Waals surface area contributed by atoms with Crippen LogP contribution in [-0.2, 0) is 7.05 Å². The van der Waals surface area contributed by atoms with Gasteiger partial charge in [-0.2, -0.15) is 5.01 Å². The molecule has 1 aliphatic rings. The molecule has 2 aromatic heterocycles. The summed E-state index contributed by atoms with van der Waals surface area (Å²) >= 11 is 18.6. The summed E-state index contributed by atoms with van der Waals surface area (Å²) < 4.78 is 2.64. The van der Waals surface area contributed by atoms with Gasteiger partial charge in [-0.25, -0.2) is 4.68 Å². The number of carbonyl (C=O) groups excluding carboxylic acids is 1. The van der Waals surface area contributed by atoms with Gasteiger partial charge in [0.25, 0.3) is 17.0 Å². The monoisotopic (exact) mass is 593 g/mol. The van der Waals surface area contributed by atoms with Crippen molar-refractivity contribution in [3.05, 3.63) is 130 Å². The van der Waals surface area contributed by atoms with Crippen molar-refractivity contribution in [1.29, 1.82) is 0 Å². The van der Waals surface area contributed by atoms with Crippen molar-refractivity contribution in [1.82, 2.24) is 14.3 Å². The largest absolute Gasteiger partial charge is 0.295 e. The number of halogens is 3. The van der Waals surface area contributed by atoms with Gasteiger partial charge in [0.2, 0.25) is 0 Å². The standard InChI is InChI=1S/C29H22Cl3N5O3/c1-16-20(27(38)35(3)26-24(16)29(40)36(34-26)19-10-6-4-7-11-19)12-8-5-9-13-21-17(2)33-37(28(21)39)25-22(31)14-18(30)15-23(25)32/h4-15,33H,1-3H3/b8-5+,13-9+,20-12-. The van der Waals surface area contributed by atoms with E-state index in [1.54, 1.807) is 63.4 Å². The number of para-hydroxylation sites is 1. The molecule has 0 unspecified atom stereocenters. The minimum absolute atomic E-state index is 0.232. The maximum absolute atomic E-state index is 13.2. The average molecular weight is 595 g/mol. The number of aryl methyl sites for hydroxylation is 1. The number of nitrogens with one attached hydrogen (secondary N) is 1. The molecule has 1 N–H and O–H groups in total. The van der Waals surface area contributed by atoms with E-state index in [9.17, 15) is 14.4 Å². The fraction of sp³-hybridized carbons (Fsp3) is 0.103. The zero-order valence-electron chi connectivity index (χ0n) is 21.6. The van der Waals surface area contributed by atoms with Crippen molar-refractivity contribution in [2.24, 2.45) is 12.1 Å². The summed E-state index contributed by atoms with van der Waals surface area (Å²) in [5.74, 6) is -0.298. The predicted molar refractivity (Wildman–Crippen MR) is 159 cm³/mol. The van der Waals surface area contributed by atoms with Crippen molar-refractivity contribution in [2.45, 2.75) is 13.8 Å². The zero-order chi connectivity index (χ0) is 28.7. The highest BCUT2D eigenvalue weighted by molar-refractivity contribution is 6.40. The Hall–Kier alpha value is -4.11. The Morgan fingerprint density at radius 2 is 1.57 bits per heavy atom. The van der Waals surface area contributed by atoms with Gasteiger partial charge in [-0.15, -0.1) is 5.10 Å². The van der Waals surface area contributed by atoms with Gasteiger partial charge in [0.15, 0.2) is 5.49 Å². The van der Waals surface area contributed by atoms with Crippen LogP contribution in [-0.4, -0.2) is 20.3 Å². The molecule has 8 nitrogen and oxygen atoms in total. The van der Waals surface area contributed by atoms with E-state index in [0.717, 1.165) is 0 Å². The Kier molecular flexibility index (Phi) is 7.42. The molecule has 40 heavy (non-hydrogen) atoms. The van der Waals surface area contributed by atoms with E-state index in [-0.39, 0.29) is 27.1 Å². The van der Waals surface area contributed by atoms with Gasteiger partial charge in [0.05, 0.1) is 26.9 Å². The molecule has 0 aliphatic carbocycles. The molecule has 2 aromatic carbocycles. The molecule has 3 heterocycles. The highest BCUT2D eigenvalue weighted by atomic mass is 35.5. The molecule has 0 radical (unpaired) electrons. The number of carbonyl (C=O) groups is 1. The van der Waals surface area contributed by atoms with Crippen molar-refractivity contribution >= 4 is 58.5 Å². The van der Waals surface area contributed by atoms with Crippen LogP contribution in [0, 0.1) is 13.8 Å². The minimum atomic E-state index is -0.342. The van der Waals surface area contributed by atoms with Gasteiger partial charge >= 0.3 is 0 Å². The Labute approximate surface area is 243 Å². The van der Waals surface area contributed by atoms with E-state index in [1.165, 1.54) is 26.4 Å². The van der Waals surface area contributed by atoms with Gasteiger partial charge in [-0.1, -0.05) is 71.2 Å². The summed E-state index contributed by atoms with van der Waals surface area (Å²) in [6.45, 7) is 3.49. The number of hydrogen-bond acceptors (Lipinski definition) is 4. The van der Waals surface area contributed by atoms with Crippen LogP contribution in [0.25, 0.3) is 17.8 Å². The van der Waals surface area contributed by atoms with E-state index in [2.05, 4.69) is 10.2 Å². The van der Waals surface area contributed by atoms with Crippen molar-refractivity contribution in [3.63, 3.8) is 0 Å². The fourth-order valence-corrected chi connectivity index (χ4v) is 5.48. The molecule has 0 spiro atoms. The topological polar surface area (TPSA) is 92.5 Å². The summed E-state index contributed by atoms with van der Waals surface area (Å²) in [6.07, 6.45) is 8.31.